The molecule has 0 aliphatic heterocycles. The van der Waals surface area contributed by atoms with Crippen LogP contribution >= 0.6 is 0 Å². The number of ether oxygens (including phenoxy) is 1. The molecule has 0 spiro atoms. The van der Waals surface area contributed by atoms with E-state index in [-0.39, 0.29) is 13.1 Å². The zero-order valence-corrected chi connectivity index (χ0v) is 11.9. The Kier molecular flexibility index (Phi) is 5.91. The summed E-state index contributed by atoms with van der Waals surface area (Å²) in [4.78, 5) is 11.0. The van der Waals surface area contributed by atoms with E-state index in [1.807, 2.05) is 0 Å². The number of nitrogens with one attached hydrogen (secondary N) is 1. The van der Waals surface area contributed by atoms with Gasteiger partial charge in [0.05, 0.1) is 12.9 Å². The van der Waals surface area contributed by atoms with E-state index in [4.69, 9.17) is 0 Å². The molecule has 102 valence electrons. The third-order valence-corrected chi connectivity index (χ3v) is 3.54. The fourth-order valence-corrected chi connectivity index (χ4v) is 2.86. The topological polar surface area (TPSA) is 75.7 Å². The largest absolute Gasteiger partial charge is 0.450 e. The maximum atomic E-state index is 11.6. The molecule has 0 aliphatic carbocycles. The quantitative estimate of drug-likeness (QED) is 0.798. The van der Waals surface area contributed by atoms with Crippen molar-refractivity contribution in [2.75, 3.05) is 26.0 Å². The predicted molar refractivity (Wildman–Crippen MR) is 66.3 cm³/mol. The van der Waals surface area contributed by atoms with E-state index in [1.54, 1.807) is 27.7 Å². The maximum Gasteiger partial charge on any atom is 0.407 e. The first-order chi connectivity index (χ1) is 7.59. The van der Waals surface area contributed by atoms with Crippen LogP contribution in [-0.4, -0.2) is 50.3 Å². The van der Waals surface area contributed by atoms with Gasteiger partial charge < -0.3 is 10.1 Å². The minimum atomic E-state index is -3.29. The van der Waals surface area contributed by atoms with E-state index >= 15 is 0 Å². The van der Waals surface area contributed by atoms with Crippen LogP contribution < -0.4 is 5.32 Å². The van der Waals surface area contributed by atoms with E-state index < -0.39 is 21.7 Å². The molecule has 0 unspecified atom stereocenters. The van der Waals surface area contributed by atoms with E-state index in [0.717, 1.165) is 6.26 Å². The van der Waals surface area contributed by atoms with Crippen molar-refractivity contribution in [1.82, 2.24) is 9.62 Å². The average molecular weight is 266 g/mol. The Morgan fingerprint density at radius 3 is 2.24 bits per heavy atom. The highest BCUT2D eigenvalue weighted by Crippen LogP contribution is 2.16. The van der Waals surface area contributed by atoms with Crippen LogP contribution in [0.2, 0.25) is 0 Å². The molecule has 0 heterocycles. The van der Waals surface area contributed by atoms with Gasteiger partial charge in [-0.25, -0.2) is 13.2 Å². The minimum Gasteiger partial charge on any atom is -0.450 e. The van der Waals surface area contributed by atoms with Crippen molar-refractivity contribution in [3.05, 3.63) is 0 Å². The Hall–Kier alpha value is -0.820. The summed E-state index contributed by atoms with van der Waals surface area (Å²) in [6.07, 6.45) is 0.623. The summed E-state index contributed by atoms with van der Waals surface area (Å²) in [6.45, 7) is 7.86. The molecule has 0 aromatic carbocycles. The number of rotatable bonds is 5. The number of hydrogen-bond acceptors (Lipinski definition) is 4. The summed E-state index contributed by atoms with van der Waals surface area (Å²) in [5.74, 6) is 0. The number of amides is 1. The van der Waals surface area contributed by atoms with Crippen LogP contribution in [0.4, 0.5) is 4.79 Å². The van der Waals surface area contributed by atoms with Crippen molar-refractivity contribution in [3.63, 3.8) is 0 Å². The lowest BCUT2D eigenvalue weighted by atomic mass is 10.1. The number of sulfonamides is 1. The summed E-state index contributed by atoms with van der Waals surface area (Å²) >= 11 is 0. The summed E-state index contributed by atoms with van der Waals surface area (Å²) in [5.41, 5.74) is -0.510. The number of hydrogen-bond donors (Lipinski definition) is 1. The van der Waals surface area contributed by atoms with Gasteiger partial charge in [0.15, 0.2) is 0 Å². The highest BCUT2D eigenvalue weighted by atomic mass is 32.2. The van der Waals surface area contributed by atoms with Crippen LogP contribution in [0.15, 0.2) is 0 Å². The Balaban J connectivity index is 4.36. The van der Waals surface area contributed by atoms with Crippen LogP contribution in [0.1, 0.15) is 27.7 Å². The molecule has 0 saturated heterocycles. The van der Waals surface area contributed by atoms with E-state index in [9.17, 15) is 13.2 Å². The molecule has 6 nitrogen and oxygen atoms in total. The van der Waals surface area contributed by atoms with Crippen LogP contribution in [0.25, 0.3) is 0 Å². The number of carbonyl (C=O) groups is 1. The Bertz CT molecular complexity index is 346. The second-order valence-electron chi connectivity index (χ2n) is 4.65. The van der Waals surface area contributed by atoms with Crippen molar-refractivity contribution in [3.8, 4) is 0 Å². The highest BCUT2D eigenvalue weighted by Gasteiger charge is 2.28. The molecule has 0 aliphatic rings. The van der Waals surface area contributed by atoms with Gasteiger partial charge in [-0.3, -0.25) is 0 Å². The van der Waals surface area contributed by atoms with Gasteiger partial charge in [-0.15, -0.1) is 0 Å². The van der Waals surface area contributed by atoms with Gasteiger partial charge in [-0.2, -0.15) is 4.31 Å². The average Bonchev–Trinajstić information content (AvgIpc) is 2.08. The van der Waals surface area contributed by atoms with Gasteiger partial charge >= 0.3 is 6.09 Å². The first-order valence-corrected chi connectivity index (χ1v) is 7.32. The highest BCUT2D eigenvalue weighted by molar-refractivity contribution is 7.88. The predicted octanol–water partition coefficient (Wildman–Crippen LogP) is 0.793. The molecule has 7 heteroatoms. The summed E-state index contributed by atoms with van der Waals surface area (Å²) in [7, 11) is -3.29. The molecule has 0 aromatic rings. The smallest absolute Gasteiger partial charge is 0.407 e. The minimum absolute atomic E-state index is 0.223. The molecule has 0 radical (unpaired) electrons. The molecule has 1 amide bonds. The maximum absolute atomic E-state index is 11.6. The second kappa shape index (κ2) is 6.20. The molecule has 0 atom stereocenters. The van der Waals surface area contributed by atoms with Crippen LogP contribution in [0.5, 0.6) is 0 Å². The third-order valence-electron chi connectivity index (χ3n) is 2.01. The standard InChI is InChI=1S/C10H22N2O4S/c1-6-16-9(13)11-7-8-12(10(2,3)4)17(5,14)15/h6-8H2,1-5H3,(H,11,13). The first-order valence-electron chi connectivity index (χ1n) is 5.47. The SMILES string of the molecule is CCOC(=O)NCCN(C(C)(C)C)S(C)(=O)=O. The summed E-state index contributed by atoms with van der Waals surface area (Å²) < 4.78 is 29.1. The molecule has 0 fully saturated rings. The monoisotopic (exact) mass is 266 g/mol. The lowest BCUT2D eigenvalue weighted by molar-refractivity contribution is 0.150. The lowest BCUT2D eigenvalue weighted by Crippen LogP contribution is -2.48. The lowest BCUT2D eigenvalue weighted by Gasteiger charge is -2.33. The van der Waals surface area contributed by atoms with Crippen molar-refractivity contribution in [2.24, 2.45) is 0 Å². The van der Waals surface area contributed by atoms with Gasteiger partial charge in [-0.1, -0.05) is 0 Å². The molecule has 0 saturated carbocycles. The van der Waals surface area contributed by atoms with E-state index in [2.05, 4.69) is 10.1 Å². The fourth-order valence-electron chi connectivity index (χ4n) is 1.44. The molecule has 0 aromatic heterocycles. The fraction of sp³-hybridized carbons (Fsp3) is 0.900. The van der Waals surface area contributed by atoms with Crippen molar-refractivity contribution >= 4 is 16.1 Å². The normalized spacial score (nSPS) is 12.6. The Labute approximate surface area is 103 Å². The van der Waals surface area contributed by atoms with Gasteiger partial charge in [0.1, 0.15) is 0 Å². The van der Waals surface area contributed by atoms with Crippen molar-refractivity contribution in [2.45, 2.75) is 33.2 Å². The summed E-state index contributed by atoms with van der Waals surface area (Å²) in [5, 5.41) is 2.49. The molecule has 0 rings (SSSR count). The third kappa shape index (κ3) is 6.48. The molecule has 1 N–H and O–H groups in total. The molecular formula is C10H22N2O4S. The van der Waals surface area contributed by atoms with Crippen LogP contribution in [0, 0.1) is 0 Å². The zero-order valence-electron chi connectivity index (χ0n) is 11.1. The van der Waals surface area contributed by atoms with Crippen molar-refractivity contribution in [1.29, 1.82) is 0 Å². The second-order valence-corrected chi connectivity index (χ2v) is 6.56. The Morgan fingerprint density at radius 1 is 1.35 bits per heavy atom. The first kappa shape index (κ1) is 16.2. The van der Waals surface area contributed by atoms with Gasteiger partial charge in [-0.05, 0) is 27.7 Å². The van der Waals surface area contributed by atoms with E-state index in [0.29, 0.717) is 6.61 Å². The number of alkyl carbamates (subject to hydrolysis) is 1. The molecule has 17 heavy (non-hydrogen) atoms. The molecular weight excluding hydrogens is 244 g/mol. The van der Waals surface area contributed by atoms with E-state index in [1.165, 1.54) is 4.31 Å². The van der Waals surface area contributed by atoms with Crippen LogP contribution in [-0.2, 0) is 14.8 Å². The Morgan fingerprint density at radius 2 is 1.88 bits per heavy atom. The zero-order chi connectivity index (χ0) is 13.7. The molecule has 0 bridgehead atoms. The number of carbonyl (C=O) groups excluding carboxylic acids is 1. The van der Waals surface area contributed by atoms with Gasteiger partial charge in [0.2, 0.25) is 10.0 Å². The van der Waals surface area contributed by atoms with Crippen LogP contribution in [0.3, 0.4) is 0 Å². The van der Waals surface area contributed by atoms with Gasteiger partial charge in [0.25, 0.3) is 0 Å². The summed E-state index contributed by atoms with van der Waals surface area (Å²) in [6, 6.07) is 0. The van der Waals surface area contributed by atoms with Crippen molar-refractivity contribution < 1.29 is 17.9 Å². The van der Waals surface area contributed by atoms with Gasteiger partial charge in [0, 0.05) is 18.6 Å². The number of nitrogens with zero attached hydrogens (tertiary/aromatic N) is 1.